The lowest BCUT2D eigenvalue weighted by Crippen LogP contribution is -2.20. The van der Waals surface area contributed by atoms with Crippen LogP contribution in [0, 0.1) is 13.8 Å². The van der Waals surface area contributed by atoms with E-state index in [1.165, 1.54) is 35.4 Å². The molecule has 1 aliphatic rings. The van der Waals surface area contributed by atoms with Crippen molar-refractivity contribution in [2.24, 2.45) is 0 Å². The predicted octanol–water partition coefficient (Wildman–Crippen LogP) is 3.47. The van der Waals surface area contributed by atoms with E-state index in [2.05, 4.69) is 59.7 Å². The Morgan fingerprint density at radius 2 is 2.05 bits per heavy atom. The lowest BCUT2D eigenvalue weighted by atomic mass is 10.0. The maximum absolute atomic E-state index is 4.52. The quantitative estimate of drug-likeness (QED) is 0.828. The van der Waals surface area contributed by atoms with Crippen molar-refractivity contribution in [3.63, 3.8) is 0 Å². The van der Waals surface area contributed by atoms with E-state index < -0.39 is 0 Å². The Morgan fingerprint density at radius 3 is 2.80 bits per heavy atom. The molecule has 2 aromatic rings. The standard InChI is InChI=1S/C17H23N3/c1-13-5-4-6-15(14(13)2)11-19(3)12-17-18-9-10-20(17)16-7-8-16/h4-6,9-10,16H,7-8,11-12H2,1-3H3. The molecule has 0 unspecified atom stereocenters. The van der Waals surface area contributed by atoms with Crippen LogP contribution in [0.15, 0.2) is 30.6 Å². The van der Waals surface area contributed by atoms with E-state index in [-0.39, 0.29) is 0 Å². The van der Waals surface area contributed by atoms with Gasteiger partial charge in [0.25, 0.3) is 0 Å². The second kappa shape index (κ2) is 5.41. The molecule has 1 aromatic heterocycles. The van der Waals surface area contributed by atoms with Gasteiger partial charge in [0, 0.05) is 25.0 Å². The SMILES string of the molecule is Cc1cccc(CN(C)Cc2nccn2C2CC2)c1C. The van der Waals surface area contributed by atoms with Crippen LogP contribution in [0.25, 0.3) is 0 Å². The van der Waals surface area contributed by atoms with Gasteiger partial charge >= 0.3 is 0 Å². The summed E-state index contributed by atoms with van der Waals surface area (Å²) in [5.74, 6) is 1.19. The van der Waals surface area contributed by atoms with Crippen LogP contribution in [0.4, 0.5) is 0 Å². The van der Waals surface area contributed by atoms with E-state index in [9.17, 15) is 0 Å². The number of rotatable bonds is 5. The summed E-state index contributed by atoms with van der Waals surface area (Å²) in [6, 6.07) is 7.27. The van der Waals surface area contributed by atoms with Gasteiger partial charge in [-0.05, 0) is 50.4 Å². The third kappa shape index (κ3) is 2.78. The van der Waals surface area contributed by atoms with Crippen LogP contribution in [-0.2, 0) is 13.1 Å². The van der Waals surface area contributed by atoms with Gasteiger partial charge in [-0.1, -0.05) is 18.2 Å². The highest BCUT2D eigenvalue weighted by molar-refractivity contribution is 5.32. The van der Waals surface area contributed by atoms with Crippen molar-refractivity contribution in [2.75, 3.05) is 7.05 Å². The highest BCUT2D eigenvalue weighted by atomic mass is 15.2. The molecule has 3 heteroatoms. The minimum absolute atomic E-state index is 0.710. The fourth-order valence-corrected chi connectivity index (χ4v) is 2.72. The zero-order valence-corrected chi connectivity index (χ0v) is 12.6. The number of imidazole rings is 1. The number of hydrogen-bond acceptors (Lipinski definition) is 2. The maximum atomic E-state index is 4.52. The third-order valence-corrected chi connectivity index (χ3v) is 4.26. The second-order valence-corrected chi connectivity index (χ2v) is 6.01. The summed E-state index contributed by atoms with van der Waals surface area (Å²) in [7, 11) is 2.17. The molecule has 1 saturated carbocycles. The Hall–Kier alpha value is -1.61. The van der Waals surface area contributed by atoms with Gasteiger partial charge in [0.05, 0.1) is 6.54 Å². The molecule has 0 amide bonds. The van der Waals surface area contributed by atoms with Crippen LogP contribution in [0.1, 0.15) is 41.4 Å². The van der Waals surface area contributed by atoms with Crippen molar-refractivity contribution >= 4 is 0 Å². The van der Waals surface area contributed by atoms with Crippen LogP contribution in [-0.4, -0.2) is 21.5 Å². The Kier molecular flexibility index (Phi) is 3.62. The van der Waals surface area contributed by atoms with E-state index in [0.29, 0.717) is 6.04 Å². The number of benzene rings is 1. The Morgan fingerprint density at radius 1 is 1.25 bits per heavy atom. The Balaban J connectivity index is 1.68. The predicted molar refractivity (Wildman–Crippen MR) is 81.6 cm³/mol. The molecule has 3 nitrogen and oxygen atoms in total. The number of aryl methyl sites for hydroxylation is 1. The van der Waals surface area contributed by atoms with Gasteiger partial charge < -0.3 is 4.57 Å². The minimum Gasteiger partial charge on any atom is -0.331 e. The number of hydrogen-bond donors (Lipinski definition) is 0. The lowest BCUT2D eigenvalue weighted by molar-refractivity contribution is 0.304. The van der Waals surface area contributed by atoms with Crippen LogP contribution in [0.2, 0.25) is 0 Å². The molecular weight excluding hydrogens is 246 g/mol. The average molecular weight is 269 g/mol. The van der Waals surface area contributed by atoms with Crippen LogP contribution in [0.3, 0.4) is 0 Å². The third-order valence-electron chi connectivity index (χ3n) is 4.26. The van der Waals surface area contributed by atoms with Crippen molar-refractivity contribution in [3.8, 4) is 0 Å². The molecule has 0 bridgehead atoms. The van der Waals surface area contributed by atoms with Crippen LogP contribution < -0.4 is 0 Å². The molecule has 0 atom stereocenters. The van der Waals surface area contributed by atoms with Crippen molar-refractivity contribution in [1.82, 2.24) is 14.5 Å². The largest absolute Gasteiger partial charge is 0.331 e. The summed E-state index contributed by atoms with van der Waals surface area (Å²) in [6.45, 7) is 6.28. The molecule has 0 aliphatic heterocycles. The molecule has 3 rings (SSSR count). The molecule has 0 spiro atoms. The van der Waals surface area contributed by atoms with E-state index in [1.54, 1.807) is 0 Å². The molecule has 0 radical (unpaired) electrons. The molecule has 0 saturated heterocycles. The summed E-state index contributed by atoms with van der Waals surface area (Å²) in [6.07, 6.45) is 6.67. The molecule has 1 aliphatic carbocycles. The summed E-state index contributed by atoms with van der Waals surface area (Å²) in [4.78, 5) is 6.87. The highest BCUT2D eigenvalue weighted by Gasteiger charge is 2.25. The molecule has 0 N–H and O–H groups in total. The van der Waals surface area contributed by atoms with Gasteiger partial charge in [-0.15, -0.1) is 0 Å². The van der Waals surface area contributed by atoms with E-state index >= 15 is 0 Å². The van der Waals surface area contributed by atoms with Gasteiger partial charge in [-0.3, -0.25) is 4.90 Å². The highest BCUT2D eigenvalue weighted by Crippen LogP contribution is 2.35. The van der Waals surface area contributed by atoms with Gasteiger partial charge in [-0.2, -0.15) is 0 Å². The van der Waals surface area contributed by atoms with Crippen molar-refractivity contribution in [3.05, 3.63) is 53.1 Å². The second-order valence-electron chi connectivity index (χ2n) is 6.01. The van der Waals surface area contributed by atoms with Gasteiger partial charge in [0.15, 0.2) is 0 Å². The molecule has 106 valence electrons. The lowest BCUT2D eigenvalue weighted by Gasteiger charge is -2.19. The first-order valence-electron chi connectivity index (χ1n) is 7.40. The number of aromatic nitrogens is 2. The monoisotopic (exact) mass is 269 g/mol. The smallest absolute Gasteiger partial charge is 0.123 e. The zero-order chi connectivity index (χ0) is 14.1. The van der Waals surface area contributed by atoms with Crippen molar-refractivity contribution in [2.45, 2.75) is 45.8 Å². The molecule has 1 fully saturated rings. The fourth-order valence-electron chi connectivity index (χ4n) is 2.72. The first-order chi connectivity index (χ1) is 9.65. The maximum Gasteiger partial charge on any atom is 0.123 e. The molecular formula is C17H23N3. The number of nitrogens with zero attached hydrogens (tertiary/aromatic N) is 3. The molecule has 20 heavy (non-hydrogen) atoms. The zero-order valence-electron chi connectivity index (χ0n) is 12.6. The summed E-state index contributed by atoms with van der Waals surface area (Å²) in [5.41, 5.74) is 4.19. The first-order valence-corrected chi connectivity index (χ1v) is 7.40. The molecule has 1 aromatic carbocycles. The van der Waals surface area contributed by atoms with Crippen molar-refractivity contribution in [1.29, 1.82) is 0 Å². The van der Waals surface area contributed by atoms with E-state index in [0.717, 1.165) is 13.1 Å². The van der Waals surface area contributed by atoms with E-state index in [4.69, 9.17) is 0 Å². The van der Waals surface area contributed by atoms with Crippen LogP contribution >= 0.6 is 0 Å². The average Bonchev–Trinajstić information content (AvgIpc) is 3.16. The normalized spacial score (nSPS) is 15.0. The van der Waals surface area contributed by atoms with Gasteiger partial charge in [-0.25, -0.2) is 4.98 Å². The topological polar surface area (TPSA) is 21.1 Å². The summed E-state index contributed by atoms with van der Waals surface area (Å²) < 4.78 is 2.35. The Labute approximate surface area is 121 Å². The first kappa shape index (κ1) is 13.4. The Bertz CT molecular complexity index is 596. The summed E-state index contributed by atoms with van der Waals surface area (Å²) >= 11 is 0. The molecule has 1 heterocycles. The fraction of sp³-hybridized carbons (Fsp3) is 0.471. The van der Waals surface area contributed by atoms with Crippen LogP contribution in [0.5, 0.6) is 0 Å². The van der Waals surface area contributed by atoms with Gasteiger partial charge in [0.2, 0.25) is 0 Å². The van der Waals surface area contributed by atoms with E-state index in [1.807, 2.05) is 6.20 Å². The summed E-state index contributed by atoms with van der Waals surface area (Å²) in [5, 5.41) is 0. The van der Waals surface area contributed by atoms with Crippen molar-refractivity contribution < 1.29 is 0 Å². The van der Waals surface area contributed by atoms with Gasteiger partial charge in [0.1, 0.15) is 5.82 Å². The minimum atomic E-state index is 0.710.